The van der Waals surface area contributed by atoms with E-state index in [2.05, 4.69) is 9.88 Å². The number of ether oxygens (including phenoxy) is 1. The molecule has 1 aliphatic rings. The molecule has 1 fully saturated rings. The van der Waals surface area contributed by atoms with E-state index in [4.69, 9.17) is 4.74 Å². The predicted molar refractivity (Wildman–Crippen MR) is 74.6 cm³/mol. The second kappa shape index (κ2) is 5.90. The lowest BCUT2D eigenvalue weighted by molar-refractivity contribution is -0.144. The second-order valence-corrected chi connectivity index (χ2v) is 5.05. The number of rotatable bonds is 3. The van der Waals surface area contributed by atoms with Crippen molar-refractivity contribution in [3.63, 3.8) is 0 Å². The molecule has 0 radical (unpaired) electrons. The van der Waals surface area contributed by atoms with Crippen LogP contribution in [-0.4, -0.2) is 56.1 Å². The van der Waals surface area contributed by atoms with E-state index in [1.807, 2.05) is 6.07 Å². The Morgan fingerprint density at radius 2 is 2.20 bits per heavy atom. The number of methoxy groups -OCH3 is 1. The minimum absolute atomic E-state index is 0.0961. The van der Waals surface area contributed by atoms with Gasteiger partial charge < -0.3 is 14.5 Å². The Labute approximate surface area is 118 Å². The lowest BCUT2D eigenvalue weighted by Crippen LogP contribution is -2.25. The van der Waals surface area contributed by atoms with Gasteiger partial charge >= 0.3 is 5.97 Å². The predicted octanol–water partition coefficient (Wildman–Crippen LogP) is 0.783. The maximum Gasteiger partial charge on any atom is 0.310 e. The average molecular weight is 277 g/mol. The number of amides is 1. The number of esters is 1. The van der Waals surface area contributed by atoms with Crippen LogP contribution in [0.5, 0.6) is 0 Å². The van der Waals surface area contributed by atoms with Gasteiger partial charge in [-0.1, -0.05) is 0 Å². The molecule has 0 saturated carbocycles. The summed E-state index contributed by atoms with van der Waals surface area (Å²) in [6.07, 6.45) is 2.39. The van der Waals surface area contributed by atoms with Crippen molar-refractivity contribution >= 4 is 17.6 Å². The minimum atomic E-state index is -0.175. The molecular weight excluding hydrogens is 258 g/mol. The average Bonchev–Trinajstić information content (AvgIpc) is 2.95. The molecule has 108 valence electrons. The Kier molecular flexibility index (Phi) is 4.22. The number of hydrogen-bond acceptors (Lipinski definition) is 5. The van der Waals surface area contributed by atoms with Crippen molar-refractivity contribution in [2.75, 3.05) is 39.2 Å². The fourth-order valence-corrected chi connectivity index (χ4v) is 2.32. The van der Waals surface area contributed by atoms with Crippen molar-refractivity contribution in [3.05, 3.63) is 24.0 Å². The molecule has 0 bridgehead atoms. The summed E-state index contributed by atoms with van der Waals surface area (Å²) >= 11 is 0. The fourth-order valence-electron chi connectivity index (χ4n) is 2.32. The Hall–Kier alpha value is -2.11. The van der Waals surface area contributed by atoms with Gasteiger partial charge in [-0.15, -0.1) is 0 Å². The molecule has 6 heteroatoms. The number of carbonyl (C=O) groups is 2. The first-order valence-corrected chi connectivity index (χ1v) is 6.53. The standard InChI is InChI=1S/C14H19N3O3/c1-16(2)13(18)12-8-11(4-6-15-12)17-7-5-10(9-17)14(19)20-3/h4,6,8,10H,5,7,9H2,1-3H3. The quantitative estimate of drug-likeness (QED) is 0.764. The van der Waals surface area contributed by atoms with Crippen LogP contribution in [0.1, 0.15) is 16.9 Å². The molecule has 0 N–H and O–H groups in total. The van der Waals surface area contributed by atoms with Gasteiger partial charge in [0.05, 0.1) is 13.0 Å². The summed E-state index contributed by atoms with van der Waals surface area (Å²) in [6, 6.07) is 3.62. The third kappa shape index (κ3) is 2.89. The van der Waals surface area contributed by atoms with Gasteiger partial charge in [0.2, 0.25) is 0 Å². The summed E-state index contributed by atoms with van der Waals surface area (Å²) in [6.45, 7) is 1.39. The Morgan fingerprint density at radius 1 is 1.45 bits per heavy atom. The lowest BCUT2D eigenvalue weighted by Gasteiger charge is -2.19. The zero-order valence-electron chi connectivity index (χ0n) is 12.0. The Morgan fingerprint density at radius 3 is 2.85 bits per heavy atom. The first-order chi connectivity index (χ1) is 9.52. The Bertz CT molecular complexity index is 516. The normalized spacial score (nSPS) is 17.9. The molecule has 1 atom stereocenters. The molecule has 1 unspecified atom stereocenters. The third-order valence-electron chi connectivity index (χ3n) is 3.46. The molecule has 2 rings (SSSR count). The zero-order chi connectivity index (χ0) is 14.7. The van der Waals surface area contributed by atoms with Crippen molar-refractivity contribution in [2.24, 2.45) is 5.92 Å². The molecule has 0 spiro atoms. The van der Waals surface area contributed by atoms with E-state index >= 15 is 0 Å². The highest BCUT2D eigenvalue weighted by molar-refractivity contribution is 5.92. The first-order valence-electron chi connectivity index (χ1n) is 6.53. The number of carbonyl (C=O) groups excluding carboxylic acids is 2. The van der Waals surface area contributed by atoms with E-state index in [1.165, 1.54) is 12.0 Å². The molecule has 1 amide bonds. The number of aromatic nitrogens is 1. The maximum absolute atomic E-state index is 11.9. The molecule has 1 aliphatic heterocycles. The minimum Gasteiger partial charge on any atom is -0.469 e. The van der Waals surface area contributed by atoms with E-state index in [9.17, 15) is 9.59 Å². The third-order valence-corrected chi connectivity index (χ3v) is 3.46. The highest BCUT2D eigenvalue weighted by Crippen LogP contribution is 2.24. The highest BCUT2D eigenvalue weighted by Gasteiger charge is 2.29. The van der Waals surface area contributed by atoms with Crippen LogP contribution in [0.2, 0.25) is 0 Å². The van der Waals surface area contributed by atoms with Gasteiger partial charge in [0.1, 0.15) is 5.69 Å². The Balaban J connectivity index is 2.13. The summed E-state index contributed by atoms with van der Waals surface area (Å²) in [5, 5.41) is 0. The van der Waals surface area contributed by atoms with Gasteiger partial charge in [-0.05, 0) is 18.6 Å². The van der Waals surface area contributed by atoms with Gasteiger partial charge in [-0.25, -0.2) is 0 Å². The number of nitrogens with zero attached hydrogens (tertiary/aromatic N) is 3. The molecule has 1 aromatic heterocycles. The maximum atomic E-state index is 11.9. The number of hydrogen-bond donors (Lipinski definition) is 0. The van der Waals surface area contributed by atoms with Gasteiger partial charge in [0.15, 0.2) is 0 Å². The van der Waals surface area contributed by atoms with Gasteiger partial charge in [-0.2, -0.15) is 0 Å². The zero-order valence-corrected chi connectivity index (χ0v) is 12.0. The van der Waals surface area contributed by atoms with Crippen LogP contribution in [0.3, 0.4) is 0 Å². The number of anilines is 1. The fraction of sp³-hybridized carbons (Fsp3) is 0.500. The highest BCUT2D eigenvalue weighted by atomic mass is 16.5. The molecule has 0 aliphatic carbocycles. The van der Waals surface area contributed by atoms with E-state index in [0.717, 1.165) is 18.7 Å². The SMILES string of the molecule is COC(=O)C1CCN(c2ccnc(C(=O)N(C)C)c2)C1. The van der Waals surface area contributed by atoms with Gasteiger partial charge in [0, 0.05) is 39.1 Å². The summed E-state index contributed by atoms with van der Waals surface area (Å²) in [5.41, 5.74) is 1.32. The van der Waals surface area contributed by atoms with Crippen LogP contribution in [0.15, 0.2) is 18.3 Å². The molecule has 1 aromatic rings. The van der Waals surface area contributed by atoms with Crippen molar-refractivity contribution in [3.8, 4) is 0 Å². The van der Waals surface area contributed by atoms with Crippen LogP contribution >= 0.6 is 0 Å². The topological polar surface area (TPSA) is 62.7 Å². The molecule has 1 saturated heterocycles. The van der Waals surface area contributed by atoms with Crippen molar-refractivity contribution in [2.45, 2.75) is 6.42 Å². The monoisotopic (exact) mass is 277 g/mol. The van der Waals surface area contributed by atoms with Crippen LogP contribution < -0.4 is 4.90 Å². The molecule has 0 aromatic carbocycles. The first kappa shape index (κ1) is 14.3. The van der Waals surface area contributed by atoms with E-state index in [-0.39, 0.29) is 17.8 Å². The summed E-state index contributed by atoms with van der Waals surface area (Å²) in [7, 11) is 4.80. The molecule has 6 nitrogen and oxygen atoms in total. The van der Waals surface area contributed by atoms with Crippen molar-refractivity contribution in [1.29, 1.82) is 0 Å². The van der Waals surface area contributed by atoms with Crippen molar-refractivity contribution in [1.82, 2.24) is 9.88 Å². The summed E-state index contributed by atoms with van der Waals surface area (Å²) in [5.74, 6) is -0.400. The van der Waals surface area contributed by atoms with E-state index in [0.29, 0.717) is 12.2 Å². The molecule has 2 heterocycles. The van der Waals surface area contributed by atoms with Crippen LogP contribution in [0, 0.1) is 5.92 Å². The van der Waals surface area contributed by atoms with Crippen LogP contribution in [0.4, 0.5) is 5.69 Å². The summed E-state index contributed by atoms with van der Waals surface area (Å²) in [4.78, 5) is 31.1. The smallest absolute Gasteiger partial charge is 0.310 e. The largest absolute Gasteiger partial charge is 0.469 e. The van der Waals surface area contributed by atoms with Gasteiger partial charge in [-0.3, -0.25) is 14.6 Å². The van der Waals surface area contributed by atoms with Crippen LogP contribution in [0.25, 0.3) is 0 Å². The summed E-state index contributed by atoms with van der Waals surface area (Å²) < 4.78 is 4.77. The second-order valence-electron chi connectivity index (χ2n) is 5.05. The number of pyridine rings is 1. The van der Waals surface area contributed by atoms with E-state index in [1.54, 1.807) is 26.4 Å². The van der Waals surface area contributed by atoms with E-state index < -0.39 is 0 Å². The van der Waals surface area contributed by atoms with Crippen LogP contribution in [-0.2, 0) is 9.53 Å². The lowest BCUT2D eigenvalue weighted by atomic mass is 10.1. The molecule has 20 heavy (non-hydrogen) atoms. The van der Waals surface area contributed by atoms with Gasteiger partial charge in [0.25, 0.3) is 5.91 Å². The van der Waals surface area contributed by atoms with Crippen molar-refractivity contribution < 1.29 is 14.3 Å². The molecular formula is C14H19N3O3.